The molecule has 0 unspecified atom stereocenters. The summed E-state index contributed by atoms with van der Waals surface area (Å²) in [6.45, 7) is 6.43. The highest BCUT2D eigenvalue weighted by molar-refractivity contribution is 7.92. The monoisotopic (exact) mass is 254 g/mol. The lowest BCUT2D eigenvalue weighted by atomic mass is 9.99. The summed E-state index contributed by atoms with van der Waals surface area (Å²) < 4.78 is 25.5. The van der Waals surface area contributed by atoms with Crippen molar-refractivity contribution in [3.63, 3.8) is 0 Å². The first-order valence-electron chi connectivity index (χ1n) is 5.57. The molecule has 17 heavy (non-hydrogen) atoms. The van der Waals surface area contributed by atoms with Crippen molar-refractivity contribution in [3.05, 3.63) is 23.8 Å². The van der Waals surface area contributed by atoms with Crippen molar-refractivity contribution in [2.45, 2.75) is 26.3 Å². The second-order valence-electron chi connectivity index (χ2n) is 5.16. The summed E-state index contributed by atoms with van der Waals surface area (Å²) in [7, 11) is -3.27. The van der Waals surface area contributed by atoms with Crippen LogP contribution in [-0.4, -0.2) is 26.8 Å². The fourth-order valence-corrected chi connectivity index (χ4v) is 3.85. The predicted octanol–water partition coefficient (Wildman–Crippen LogP) is 1.97. The third-order valence-corrected chi connectivity index (χ3v) is 4.40. The highest BCUT2D eigenvalue weighted by atomic mass is 32.2. The molecule has 1 aliphatic heterocycles. The van der Waals surface area contributed by atoms with Gasteiger partial charge in [0, 0.05) is 6.54 Å². The Morgan fingerprint density at radius 2 is 2.00 bits per heavy atom. The van der Waals surface area contributed by atoms with E-state index in [-0.39, 0.29) is 0 Å². The molecular weight excluding hydrogens is 236 g/mol. The maximum atomic E-state index is 12.0. The zero-order chi connectivity index (χ0) is 12.8. The number of anilines is 2. The molecule has 0 aromatic heterocycles. The van der Waals surface area contributed by atoms with E-state index in [9.17, 15) is 8.42 Å². The van der Waals surface area contributed by atoms with Crippen molar-refractivity contribution in [2.24, 2.45) is 0 Å². The average Bonchev–Trinajstić information content (AvgIpc) is 2.13. The quantitative estimate of drug-likeness (QED) is 0.833. The first-order valence-corrected chi connectivity index (χ1v) is 7.42. The standard InChI is InChI=1S/C12H18N2O2S/c1-9-6-5-7-10-11(9)13-8-12(2,3)14(10)17(4,15)16/h5-7,13H,8H2,1-4H3. The molecule has 1 aromatic carbocycles. The second kappa shape index (κ2) is 3.63. The van der Waals surface area contributed by atoms with Crippen LogP contribution < -0.4 is 9.62 Å². The van der Waals surface area contributed by atoms with Gasteiger partial charge >= 0.3 is 0 Å². The van der Waals surface area contributed by atoms with Crippen molar-refractivity contribution in [3.8, 4) is 0 Å². The second-order valence-corrected chi connectivity index (χ2v) is 6.99. The van der Waals surface area contributed by atoms with Crippen LogP contribution in [-0.2, 0) is 10.0 Å². The Labute approximate surface area is 103 Å². The third-order valence-electron chi connectivity index (χ3n) is 3.05. The molecule has 0 fully saturated rings. The minimum Gasteiger partial charge on any atom is -0.381 e. The number of hydrogen-bond acceptors (Lipinski definition) is 3. The molecular formula is C12H18N2O2S. The number of benzene rings is 1. The van der Waals surface area contributed by atoms with Crippen LogP contribution in [0, 0.1) is 6.92 Å². The first-order chi connectivity index (χ1) is 7.73. The number of aryl methyl sites for hydroxylation is 1. The van der Waals surface area contributed by atoms with Gasteiger partial charge in [0.2, 0.25) is 10.0 Å². The third kappa shape index (κ3) is 1.99. The molecule has 0 bridgehead atoms. The van der Waals surface area contributed by atoms with E-state index in [0.717, 1.165) is 16.9 Å². The van der Waals surface area contributed by atoms with E-state index in [1.54, 1.807) is 0 Å². The van der Waals surface area contributed by atoms with Gasteiger partial charge in [-0.3, -0.25) is 4.31 Å². The van der Waals surface area contributed by atoms with Gasteiger partial charge in [-0.05, 0) is 32.4 Å². The fraction of sp³-hybridized carbons (Fsp3) is 0.500. The molecule has 0 saturated carbocycles. The summed E-state index contributed by atoms with van der Waals surface area (Å²) in [4.78, 5) is 0. The summed E-state index contributed by atoms with van der Waals surface area (Å²) in [5, 5.41) is 3.32. The molecule has 1 aliphatic rings. The molecule has 0 radical (unpaired) electrons. The SMILES string of the molecule is Cc1cccc2c1NCC(C)(C)N2S(C)(=O)=O. The zero-order valence-corrected chi connectivity index (χ0v) is 11.4. The van der Waals surface area contributed by atoms with E-state index in [1.165, 1.54) is 10.6 Å². The number of fused-ring (bicyclic) bond motifs is 1. The molecule has 1 heterocycles. The van der Waals surface area contributed by atoms with E-state index < -0.39 is 15.6 Å². The van der Waals surface area contributed by atoms with E-state index in [1.807, 2.05) is 39.0 Å². The summed E-state index contributed by atoms with van der Waals surface area (Å²) >= 11 is 0. The molecule has 5 heteroatoms. The van der Waals surface area contributed by atoms with Crippen LogP contribution in [0.4, 0.5) is 11.4 Å². The fourth-order valence-electron chi connectivity index (χ4n) is 2.38. The Hall–Kier alpha value is -1.23. The molecule has 0 aliphatic carbocycles. The van der Waals surface area contributed by atoms with Crippen molar-refractivity contribution >= 4 is 21.4 Å². The summed E-state index contributed by atoms with van der Waals surface area (Å²) in [6.07, 6.45) is 1.26. The van der Waals surface area contributed by atoms with Gasteiger partial charge in [0.05, 0.1) is 23.2 Å². The minimum atomic E-state index is -3.27. The molecule has 1 aromatic rings. The van der Waals surface area contributed by atoms with Gasteiger partial charge in [-0.2, -0.15) is 0 Å². The van der Waals surface area contributed by atoms with Crippen LogP contribution in [0.1, 0.15) is 19.4 Å². The average molecular weight is 254 g/mol. The number of nitrogens with one attached hydrogen (secondary N) is 1. The van der Waals surface area contributed by atoms with Gasteiger partial charge in [-0.15, -0.1) is 0 Å². The van der Waals surface area contributed by atoms with Crippen LogP contribution >= 0.6 is 0 Å². The van der Waals surface area contributed by atoms with Crippen molar-refractivity contribution in [1.29, 1.82) is 0 Å². The minimum absolute atomic E-state index is 0.450. The molecule has 94 valence electrons. The van der Waals surface area contributed by atoms with Gasteiger partial charge in [-0.25, -0.2) is 8.42 Å². The van der Waals surface area contributed by atoms with Gasteiger partial charge < -0.3 is 5.32 Å². The summed E-state index contributed by atoms with van der Waals surface area (Å²) in [5.74, 6) is 0. The van der Waals surface area contributed by atoms with Crippen LogP contribution in [0.5, 0.6) is 0 Å². The van der Waals surface area contributed by atoms with Crippen LogP contribution in [0.15, 0.2) is 18.2 Å². The molecule has 4 nitrogen and oxygen atoms in total. The van der Waals surface area contributed by atoms with Crippen molar-refractivity contribution in [1.82, 2.24) is 0 Å². The van der Waals surface area contributed by atoms with Crippen LogP contribution in [0.3, 0.4) is 0 Å². The number of para-hydroxylation sites is 1. The van der Waals surface area contributed by atoms with E-state index in [0.29, 0.717) is 6.54 Å². The van der Waals surface area contributed by atoms with Gasteiger partial charge in [0.15, 0.2) is 0 Å². The van der Waals surface area contributed by atoms with Gasteiger partial charge in [-0.1, -0.05) is 12.1 Å². The Bertz CT molecular complexity index is 550. The first kappa shape index (κ1) is 12.2. The highest BCUT2D eigenvalue weighted by Crippen LogP contribution is 2.39. The van der Waals surface area contributed by atoms with Crippen LogP contribution in [0.25, 0.3) is 0 Å². The zero-order valence-electron chi connectivity index (χ0n) is 10.6. The normalized spacial score (nSPS) is 18.5. The summed E-state index contributed by atoms with van der Waals surface area (Å²) in [5.41, 5.74) is 2.27. The lowest BCUT2D eigenvalue weighted by molar-refractivity contribution is 0.514. The number of hydrogen-bond donors (Lipinski definition) is 1. The lowest BCUT2D eigenvalue weighted by Gasteiger charge is -2.43. The van der Waals surface area contributed by atoms with E-state index >= 15 is 0 Å². The van der Waals surface area contributed by atoms with Crippen molar-refractivity contribution < 1.29 is 8.42 Å². The Morgan fingerprint density at radius 1 is 1.35 bits per heavy atom. The molecule has 0 atom stereocenters. The molecule has 2 rings (SSSR count). The smallest absolute Gasteiger partial charge is 0.232 e. The Morgan fingerprint density at radius 3 is 2.59 bits per heavy atom. The van der Waals surface area contributed by atoms with E-state index in [2.05, 4.69) is 5.32 Å². The van der Waals surface area contributed by atoms with Gasteiger partial charge in [0.1, 0.15) is 0 Å². The Kier molecular flexibility index (Phi) is 2.61. The molecule has 1 N–H and O–H groups in total. The van der Waals surface area contributed by atoms with Gasteiger partial charge in [0.25, 0.3) is 0 Å². The maximum Gasteiger partial charge on any atom is 0.232 e. The maximum absolute atomic E-state index is 12.0. The molecule has 0 spiro atoms. The number of sulfonamides is 1. The predicted molar refractivity (Wildman–Crippen MR) is 71.1 cm³/mol. The molecule has 0 saturated heterocycles. The largest absolute Gasteiger partial charge is 0.381 e. The van der Waals surface area contributed by atoms with Crippen molar-refractivity contribution in [2.75, 3.05) is 22.4 Å². The molecule has 0 amide bonds. The number of rotatable bonds is 1. The van der Waals surface area contributed by atoms with Crippen LogP contribution in [0.2, 0.25) is 0 Å². The van der Waals surface area contributed by atoms with E-state index in [4.69, 9.17) is 0 Å². The lowest BCUT2D eigenvalue weighted by Crippen LogP contribution is -2.54. The topological polar surface area (TPSA) is 49.4 Å². The Balaban J connectivity index is 2.69. The highest BCUT2D eigenvalue weighted by Gasteiger charge is 2.38. The number of nitrogens with zero attached hydrogens (tertiary/aromatic N) is 1. The summed E-state index contributed by atoms with van der Waals surface area (Å²) in [6, 6.07) is 5.71.